The zero-order chi connectivity index (χ0) is 27.2. The normalized spacial score (nSPS) is 10.8. The predicted octanol–water partition coefficient (Wildman–Crippen LogP) is 4.21. The van der Waals surface area contributed by atoms with Crippen molar-refractivity contribution < 1.29 is 21.9 Å². The summed E-state index contributed by atoms with van der Waals surface area (Å²) < 4.78 is 13.0. The topological polar surface area (TPSA) is 121 Å². The lowest BCUT2D eigenvalue weighted by Crippen LogP contribution is -2.41. The Morgan fingerprint density at radius 2 is 1.61 bits per heavy atom. The van der Waals surface area contributed by atoms with E-state index in [1.54, 1.807) is 55.6 Å². The Morgan fingerprint density at radius 1 is 0.895 bits per heavy atom. The van der Waals surface area contributed by atoms with Crippen LogP contribution in [0.5, 0.6) is 5.75 Å². The number of nitrogens with zero attached hydrogens (tertiary/aromatic N) is 2. The molecule has 0 fully saturated rings. The number of amides is 2. The highest BCUT2D eigenvalue weighted by atomic mass is 16.5. The van der Waals surface area contributed by atoms with E-state index in [4.69, 9.17) is 9.47 Å². The van der Waals surface area contributed by atoms with Crippen LogP contribution >= 0.6 is 0 Å². The molecule has 0 saturated heterocycles. The van der Waals surface area contributed by atoms with Crippen molar-refractivity contribution in [2.24, 2.45) is 0 Å². The van der Waals surface area contributed by atoms with Gasteiger partial charge in [-0.2, -0.15) is 0 Å². The molecule has 38 heavy (non-hydrogen) atoms. The Kier molecular flexibility index (Phi) is 8.03. The van der Waals surface area contributed by atoms with E-state index >= 15 is 0 Å². The van der Waals surface area contributed by atoms with E-state index in [0.29, 0.717) is 28.2 Å². The Morgan fingerprint density at radius 3 is 2.26 bits per heavy atom. The molecule has 0 aliphatic heterocycles. The van der Waals surface area contributed by atoms with E-state index in [9.17, 15) is 19.2 Å². The van der Waals surface area contributed by atoms with Crippen LogP contribution in [0.1, 0.15) is 25.7 Å². The number of hydrogen-bond donors (Lipinski definition) is 2. The van der Waals surface area contributed by atoms with Crippen molar-refractivity contribution >= 4 is 34.1 Å². The van der Waals surface area contributed by atoms with E-state index in [0.717, 1.165) is 10.1 Å². The van der Waals surface area contributed by atoms with Crippen LogP contribution in [-0.4, -0.2) is 41.8 Å². The minimum absolute atomic E-state index is 0. The van der Waals surface area contributed by atoms with Gasteiger partial charge in [-0.3, -0.25) is 18.7 Å². The molecule has 0 atom stereocenters. The summed E-state index contributed by atoms with van der Waals surface area (Å²) in [5.41, 5.74) is 1.63. The number of methoxy groups -OCH3 is 2. The summed E-state index contributed by atoms with van der Waals surface area (Å²) in [6.45, 7) is 1.94. The van der Waals surface area contributed by atoms with Crippen molar-refractivity contribution in [3.8, 4) is 5.75 Å². The van der Waals surface area contributed by atoms with Gasteiger partial charge < -0.3 is 20.1 Å². The average molecular weight is 521 g/mol. The molecule has 0 bridgehead atoms. The summed E-state index contributed by atoms with van der Waals surface area (Å²) in [4.78, 5) is 50.9. The number of aromatic nitrogens is 2. The number of urea groups is 1. The van der Waals surface area contributed by atoms with Crippen molar-refractivity contribution in [1.82, 2.24) is 9.13 Å². The molecule has 0 unspecified atom stereocenters. The summed E-state index contributed by atoms with van der Waals surface area (Å²) in [6, 6.07) is 18.1. The zero-order valence-corrected chi connectivity index (χ0v) is 21.3. The van der Waals surface area contributed by atoms with Gasteiger partial charge in [0, 0.05) is 26.9 Å². The molecule has 4 rings (SSSR count). The molecule has 0 saturated carbocycles. The van der Waals surface area contributed by atoms with Gasteiger partial charge in [0.05, 0.1) is 37.7 Å². The third kappa shape index (κ3) is 5.81. The largest absolute Gasteiger partial charge is 0.497 e. The maximum Gasteiger partial charge on any atom is 0.331 e. The highest BCUT2D eigenvalue weighted by molar-refractivity contribution is 6.02. The van der Waals surface area contributed by atoms with E-state index in [2.05, 4.69) is 10.6 Å². The molecular formula is C28H32N4O6. The van der Waals surface area contributed by atoms with Crippen molar-refractivity contribution in [2.45, 2.75) is 20.0 Å². The number of benzene rings is 3. The number of fused-ring (bicyclic) bond motifs is 1. The van der Waals surface area contributed by atoms with Crippen molar-refractivity contribution in [3.63, 3.8) is 0 Å². The third-order valence-corrected chi connectivity index (χ3v) is 6.03. The number of ether oxygens (including phenoxy) is 2. The smallest absolute Gasteiger partial charge is 0.331 e. The average Bonchev–Trinajstić information content (AvgIpc) is 2.91. The van der Waals surface area contributed by atoms with Gasteiger partial charge in [-0.1, -0.05) is 24.3 Å². The fourth-order valence-electron chi connectivity index (χ4n) is 4.06. The van der Waals surface area contributed by atoms with Gasteiger partial charge in [-0.15, -0.1) is 0 Å². The summed E-state index contributed by atoms with van der Waals surface area (Å²) in [7, 11) is 3.07. The minimum atomic E-state index is -0.545. The number of rotatable bonds is 9. The van der Waals surface area contributed by atoms with Crippen LogP contribution in [0.4, 0.5) is 16.2 Å². The van der Waals surface area contributed by atoms with Gasteiger partial charge in [0.25, 0.3) is 5.56 Å². The maximum atomic E-state index is 13.3. The van der Waals surface area contributed by atoms with Gasteiger partial charge >= 0.3 is 11.7 Å². The molecule has 1 aromatic heterocycles. The molecule has 0 spiro atoms. The van der Waals surface area contributed by atoms with Crippen LogP contribution in [0.3, 0.4) is 0 Å². The maximum absolute atomic E-state index is 13.3. The van der Waals surface area contributed by atoms with E-state index in [1.807, 2.05) is 12.1 Å². The lowest BCUT2D eigenvalue weighted by atomic mass is 10.1. The monoisotopic (exact) mass is 520 g/mol. The Bertz CT molecular complexity index is 1620. The lowest BCUT2D eigenvalue weighted by molar-refractivity contribution is 0.101. The predicted molar refractivity (Wildman–Crippen MR) is 150 cm³/mol. The van der Waals surface area contributed by atoms with Crippen LogP contribution in [0.2, 0.25) is 0 Å². The SMILES string of the molecule is COCCn1c(=O)c2cc(NC(=O)Nc3cccc(C(C)=O)c3)ccc2n(Cc2ccc(OC)cc2)c1=O.[HH].[HH]. The van der Waals surface area contributed by atoms with Gasteiger partial charge in [0.2, 0.25) is 0 Å². The highest BCUT2D eigenvalue weighted by Gasteiger charge is 2.15. The quantitative estimate of drug-likeness (QED) is 0.319. The molecule has 0 aliphatic rings. The molecule has 200 valence electrons. The number of carbonyl (C=O) groups is 2. The molecule has 0 radical (unpaired) electrons. The third-order valence-electron chi connectivity index (χ3n) is 6.03. The second-order valence-electron chi connectivity index (χ2n) is 8.61. The molecular weight excluding hydrogens is 488 g/mol. The summed E-state index contributed by atoms with van der Waals surface area (Å²) in [6.07, 6.45) is 0. The Balaban J connectivity index is 0.00000280. The number of carbonyl (C=O) groups excluding carboxylic acids is 2. The Hall–Kier alpha value is -4.70. The molecule has 4 aromatic rings. The van der Waals surface area contributed by atoms with E-state index in [1.165, 1.54) is 24.7 Å². The number of nitrogens with one attached hydrogen (secondary N) is 2. The fourth-order valence-corrected chi connectivity index (χ4v) is 4.06. The second kappa shape index (κ2) is 11.6. The van der Waals surface area contributed by atoms with Crippen LogP contribution in [0, 0.1) is 0 Å². The van der Waals surface area contributed by atoms with Crippen LogP contribution in [-0.2, 0) is 17.8 Å². The van der Waals surface area contributed by atoms with Crippen molar-refractivity contribution in [2.75, 3.05) is 31.5 Å². The first-order valence-electron chi connectivity index (χ1n) is 11.9. The number of hydrogen-bond acceptors (Lipinski definition) is 6. The lowest BCUT2D eigenvalue weighted by Gasteiger charge is -2.15. The van der Waals surface area contributed by atoms with Gasteiger partial charge in [-0.05, 0) is 55.0 Å². The summed E-state index contributed by atoms with van der Waals surface area (Å²) >= 11 is 0. The summed E-state index contributed by atoms with van der Waals surface area (Å²) in [5.74, 6) is 0.576. The van der Waals surface area contributed by atoms with Gasteiger partial charge in [0.1, 0.15) is 5.75 Å². The van der Waals surface area contributed by atoms with Gasteiger partial charge in [0.15, 0.2) is 5.78 Å². The fraction of sp³-hybridized carbons (Fsp3) is 0.214. The van der Waals surface area contributed by atoms with Crippen molar-refractivity contribution in [3.05, 3.63) is 98.7 Å². The standard InChI is InChI=1S/C28H28N4O6.2H2/c1-18(33)20-5-4-6-21(15-20)29-27(35)30-22-9-12-25-24(16-22)26(34)31(13-14-37-2)28(36)32(25)17-19-7-10-23(38-3)11-8-19;;/h4-12,15-16H,13-14,17H2,1-3H3,(H2,29,30,35);2*1H. The van der Waals surface area contributed by atoms with Crippen LogP contribution < -0.4 is 26.6 Å². The molecule has 0 aliphatic carbocycles. The number of anilines is 2. The molecule has 2 N–H and O–H groups in total. The first-order valence-corrected chi connectivity index (χ1v) is 11.9. The number of ketones is 1. The molecule has 10 nitrogen and oxygen atoms in total. The second-order valence-corrected chi connectivity index (χ2v) is 8.61. The highest BCUT2D eigenvalue weighted by Crippen LogP contribution is 2.19. The van der Waals surface area contributed by atoms with E-state index < -0.39 is 17.3 Å². The van der Waals surface area contributed by atoms with E-state index in [-0.39, 0.29) is 33.7 Å². The molecule has 10 heteroatoms. The summed E-state index contributed by atoms with van der Waals surface area (Å²) in [5, 5.41) is 5.66. The minimum Gasteiger partial charge on any atom is -0.497 e. The first kappa shape index (κ1) is 26.4. The Labute approximate surface area is 221 Å². The molecule has 1 heterocycles. The van der Waals surface area contributed by atoms with Gasteiger partial charge in [-0.25, -0.2) is 9.59 Å². The molecule has 3 aromatic carbocycles. The zero-order valence-electron chi connectivity index (χ0n) is 21.3. The van der Waals surface area contributed by atoms with Crippen molar-refractivity contribution in [1.29, 1.82) is 0 Å². The van der Waals surface area contributed by atoms with Crippen LogP contribution in [0.15, 0.2) is 76.3 Å². The first-order chi connectivity index (χ1) is 18.3. The van der Waals surface area contributed by atoms with Crippen LogP contribution in [0.25, 0.3) is 10.9 Å². The number of Topliss-reactive ketones (excluding diaryl/α,β-unsaturated/α-hetero) is 1. The molecule has 2 amide bonds.